The van der Waals surface area contributed by atoms with Crippen LogP contribution in [-0.2, 0) is 6.32 Å². The lowest BCUT2D eigenvalue weighted by Gasteiger charge is -2.59. The fraction of sp³-hybridized carbons (Fsp3) is 0.588. The lowest BCUT2D eigenvalue weighted by Crippen LogP contribution is -2.66. The molecule has 3 aliphatic rings. The number of halogens is 4. The lowest BCUT2D eigenvalue weighted by atomic mass is 9.52. The van der Waals surface area contributed by atoms with Crippen LogP contribution in [0.15, 0.2) is 30.3 Å². The summed E-state index contributed by atoms with van der Waals surface area (Å²) in [5.41, 5.74) is 1.43. The molecule has 2 nitrogen and oxygen atoms in total. The number of quaternary nitrogens is 1. The Hall–Kier alpha value is -1.48. The quantitative estimate of drug-likeness (QED) is 0.552. The monoisotopic (exact) mass is 355 g/mol. The molecule has 0 aliphatic carbocycles. The molecule has 8 heteroatoms. The van der Waals surface area contributed by atoms with E-state index < -0.39 is 7.25 Å². The molecule has 0 saturated carbocycles. The summed E-state index contributed by atoms with van der Waals surface area (Å²) in [4.78, 5) is 4.49. The van der Waals surface area contributed by atoms with E-state index in [9.17, 15) is 17.3 Å². The van der Waals surface area contributed by atoms with E-state index in [2.05, 4.69) is 48.1 Å². The molecule has 0 atom stereocenters. The zero-order valence-electron chi connectivity index (χ0n) is 14.7. The fourth-order valence-electron chi connectivity index (χ4n) is 3.95. The molecule has 0 spiro atoms. The molecule has 3 saturated heterocycles. The first-order valence-corrected chi connectivity index (χ1v) is 9.01. The van der Waals surface area contributed by atoms with Crippen LogP contribution in [0.1, 0.15) is 31.7 Å². The molecule has 3 aliphatic heterocycles. The minimum atomic E-state index is -6.00. The molecule has 0 aromatic heterocycles. The Morgan fingerprint density at radius 3 is 2.08 bits per heavy atom. The molecule has 1 aromatic rings. The van der Waals surface area contributed by atoms with E-state index in [4.69, 9.17) is 0 Å². The van der Waals surface area contributed by atoms with E-state index in [1.807, 2.05) is 0 Å². The van der Waals surface area contributed by atoms with Crippen molar-refractivity contribution < 1.29 is 21.7 Å². The Labute approximate surface area is 147 Å². The summed E-state index contributed by atoms with van der Waals surface area (Å²) < 4.78 is 40.2. The van der Waals surface area contributed by atoms with Gasteiger partial charge < -0.3 is 21.7 Å². The van der Waals surface area contributed by atoms with Crippen LogP contribution in [-0.4, -0.2) is 44.7 Å². The van der Waals surface area contributed by atoms with Gasteiger partial charge in [0.25, 0.3) is 6.54 Å². The third-order valence-corrected chi connectivity index (χ3v) is 5.28. The normalized spacial score (nSPS) is 25.0. The summed E-state index contributed by atoms with van der Waals surface area (Å²) in [6, 6.07) is 10.9. The van der Waals surface area contributed by atoms with Crippen LogP contribution in [0.5, 0.6) is 0 Å². The average molecular weight is 355 g/mol. The van der Waals surface area contributed by atoms with Gasteiger partial charge in [-0.25, -0.2) is 0 Å². The van der Waals surface area contributed by atoms with Crippen molar-refractivity contribution in [3.63, 3.8) is 0 Å². The molecule has 1 radical (unpaired) electrons. The largest absolute Gasteiger partial charge is 0.673 e. The van der Waals surface area contributed by atoms with Gasteiger partial charge in [-0.05, 0) is 25.2 Å². The average Bonchev–Trinajstić information content (AvgIpc) is 2.59. The maximum atomic E-state index is 9.75. The van der Waals surface area contributed by atoms with Crippen molar-refractivity contribution in [2.75, 3.05) is 26.2 Å². The van der Waals surface area contributed by atoms with Gasteiger partial charge in [-0.15, -0.1) is 11.2 Å². The second kappa shape index (κ2) is 8.75. The van der Waals surface area contributed by atoms with Gasteiger partial charge in [0.05, 0.1) is 5.97 Å². The lowest BCUT2D eigenvalue weighted by molar-refractivity contribution is -0.845. The van der Waals surface area contributed by atoms with Crippen molar-refractivity contribution in [1.82, 2.24) is 0 Å². The van der Waals surface area contributed by atoms with Gasteiger partial charge >= 0.3 is 14.1 Å². The number of nitrogens with zero attached hydrogens (tertiary/aromatic N) is 2. The van der Waals surface area contributed by atoms with Gasteiger partial charge in [-0.1, -0.05) is 35.9 Å². The molecule has 137 valence electrons. The number of benzene rings is 1. The van der Waals surface area contributed by atoms with Gasteiger partial charge in [-0.2, -0.15) is 0 Å². The predicted octanol–water partition coefficient (Wildman–Crippen LogP) is 4.58. The standard InChI is InChI=1S/C17H25BN2.BF4/c1-2-19-15-18(14-17-6-4-3-5-7-17)20-11-8-16(9-12-20)10-13-20;2-1(3,4)5/h3-7,16H,2,8-14H2,1H3;/q+1;-1. The van der Waals surface area contributed by atoms with Gasteiger partial charge in [0.2, 0.25) is 0 Å². The summed E-state index contributed by atoms with van der Waals surface area (Å²) in [5, 5.41) is 0. The summed E-state index contributed by atoms with van der Waals surface area (Å²) in [5.74, 6) is 4.51. The molecule has 0 amide bonds. The van der Waals surface area contributed by atoms with Gasteiger partial charge in [0, 0.05) is 26.6 Å². The van der Waals surface area contributed by atoms with E-state index in [0.29, 0.717) is 6.85 Å². The van der Waals surface area contributed by atoms with Gasteiger partial charge in [0.1, 0.15) is 0 Å². The smallest absolute Gasteiger partial charge is 0.521 e. The van der Waals surface area contributed by atoms with Crippen molar-refractivity contribution in [3.8, 4) is 5.97 Å². The number of rotatable bonds is 3. The minimum absolute atomic E-state index is 0.457. The molecule has 2 bridgehead atoms. The van der Waals surface area contributed by atoms with Crippen molar-refractivity contribution >= 4 is 14.1 Å². The molecule has 0 N–H and O–H groups in total. The predicted molar refractivity (Wildman–Crippen MR) is 96.1 cm³/mol. The van der Waals surface area contributed by atoms with Crippen LogP contribution in [0.3, 0.4) is 0 Å². The van der Waals surface area contributed by atoms with Gasteiger partial charge in [-0.3, -0.25) is 0 Å². The van der Waals surface area contributed by atoms with E-state index in [1.165, 1.54) is 48.9 Å². The van der Waals surface area contributed by atoms with E-state index >= 15 is 0 Å². The van der Waals surface area contributed by atoms with Crippen LogP contribution < -0.4 is 0 Å². The maximum absolute atomic E-state index is 9.75. The Balaban J connectivity index is 0.000000399. The highest BCUT2D eigenvalue weighted by molar-refractivity contribution is 6.59. The molecular formula is C17H25B2F4N2. The maximum Gasteiger partial charge on any atom is 0.673 e. The highest BCUT2D eigenvalue weighted by Gasteiger charge is 2.40. The Kier molecular flexibility index (Phi) is 6.95. The first-order chi connectivity index (χ1) is 11.8. The molecule has 25 heavy (non-hydrogen) atoms. The number of hydrogen-bond acceptors (Lipinski definition) is 0. The van der Waals surface area contributed by atoms with E-state index in [1.54, 1.807) is 0 Å². The first kappa shape index (κ1) is 19.8. The fourth-order valence-corrected chi connectivity index (χ4v) is 3.95. The Bertz CT molecular complexity index is 570. The van der Waals surface area contributed by atoms with E-state index in [-0.39, 0.29) is 0 Å². The molecule has 4 rings (SSSR count). The highest BCUT2D eigenvalue weighted by Crippen LogP contribution is 2.35. The van der Waals surface area contributed by atoms with Crippen LogP contribution >= 0.6 is 0 Å². The van der Waals surface area contributed by atoms with Crippen molar-refractivity contribution in [2.24, 2.45) is 5.92 Å². The third-order valence-electron chi connectivity index (χ3n) is 5.28. The summed E-state index contributed by atoms with van der Waals surface area (Å²) >= 11 is 0. The topological polar surface area (TPSA) is 4.36 Å². The SMILES string of the molecule is CC[N+]#C[B-](Cc1ccccc1)[N+]12CCC(CC1)CC2.F[B-](F)(F)F. The Morgan fingerprint density at radius 2 is 1.60 bits per heavy atom. The van der Waals surface area contributed by atoms with Crippen LogP contribution in [0.2, 0.25) is 0 Å². The van der Waals surface area contributed by atoms with Crippen LogP contribution in [0.25, 0.3) is 4.85 Å². The minimum Gasteiger partial charge on any atom is -0.521 e. The first-order valence-electron chi connectivity index (χ1n) is 9.01. The van der Waals surface area contributed by atoms with E-state index in [0.717, 1.165) is 18.8 Å². The van der Waals surface area contributed by atoms with Crippen molar-refractivity contribution in [2.45, 2.75) is 32.5 Å². The molecule has 0 unspecified atom stereocenters. The molecular weight excluding hydrogens is 330 g/mol. The summed E-state index contributed by atoms with van der Waals surface area (Å²) in [7, 11) is -6.00. The summed E-state index contributed by atoms with van der Waals surface area (Å²) in [6.07, 6.45) is 5.34. The number of hydrogen-bond donors (Lipinski definition) is 0. The zero-order chi connectivity index (χ0) is 18.3. The zero-order valence-corrected chi connectivity index (χ0v) is 14.7. The Morgan fingerprint density at radius 1 is 1.08 bits per heavy atom. The number of fused-ring (bicyclic) bond motifs is 3. The van der Waals surface area contributed by atoms with Crippen LogP contribution in [0.4, 0.5) is 17.3 Å². The molecule has 3 heterocycles. The molecule has 3 fully saturated rings. The second-order valence-electron chi connectivity index (χ2n) is 6.93. The number of piperidine rings is 3. The van der Waals surface area contributed by atoms with Crippen molar-refractivity contribution in [1.29, 1.82) is 0 Å². The molecule has 1 aromatic carbocycles. The third kappa shape index (κ3) is 6.39. The van der Waals surface area contributed by atoms with Crippen molar-refractivity contribution in [3.05, 3.63) is 40.7 Å². The van der Waals surface area contributed by atoms with Gasteiger partial charge in [0.15, 0.2) is 0 Å². The second-order valence-corrected chi connectivity index (χ2v) is 6.93. The van der Waals surface area contributed by atoms with Crippen LogP contribution in [0, 0.1) is 11.9 Å². The highest BCUT2D eigenvalue weighted by atomic mass is 19.5. The summed E-state index contributed by atoms with van der Waals surface area (Å²) in [6.45, 7) is 7.44.